The molecule has 1 aromatic heterocycles. The first-order valence-corrected chi connectivity index (χ1v) is 38.9. The van der Waals surface area contributed by atoms with Gasteiger partial charge < -0.3 is 68.8 Å². The third kappa shape index (κ3) is 15.4. The van der Waals surface area contributed by atoms with Gasteiger partial charge >= 0.3 is 30.1 Å². The second kappa shape index (κ2) is 38.9. The number of aromatic nitrogens is 1. The molecule has 4 aromatic rings. The number of anilines is 2. The van der Waals surface area contributed by atoms with Crippen LogP contribution in [0.4, 0.5) is 75.9 Å². The van der Waals surface area contributed by atoms with Gasteiger partial charge in [0.15, 0.2) is 0 Å². The summed E-state index contributed by atoms with van der Waals surface area (Å²) in [5.74, 6) is 0.00891. The third-order valence-electron chi connectivity index (χ3n) is 27.1. The highest BCUT2D eigenvalue weighted by atomic mass is 20.0. The van der Waals surface area contributed by atoms with Crippen LogP contribution in [0.15, 0.2) is 90.6 Å². The van der Waals surface area contributed by atoms with Crippen LogP contribution in [0, 0.1) is 16.7 Å². The number of carbonyl (C=O) groups excluding carboxylic acids is 5. The fourth-order valence-electron chi connectivity index (χ4n) is 23.5. The molecule has 34 heteroatoms. The molecule has 646 valence electrons. The number of aromatic amines is 1. The molecular formula is C82H110F12N8O14. The zero-order chi connectivity index (χ0) is 84.3. The molecule has 16 rings (SSSR count). The smallest absolute Gasteiger partial charge is 0.407 e. The predicted octanol–water partition coefficient (Wildman–Crippen LogP) is 15.1. The monoisotopic (exact) mass is 1660 g/mol. The number of carbonyl (C=O) groups is 5. The number of H-pyrrole nitrogens is 1. The highest BCUT2D eigenvalue weighted by molar-refractivity contribution is 5.94. The van der Waals surface area contributed by atoms with Gasteiger partial charge in [0.1, 0.15) is 52.5 Å². The molecule has 15 atom stereocenters. The summed E-state index contributed by atoms with van der Waals surface area (Å²) in [5, 5.41) is 33.9. The maximum atomic E-state index is 15.4. The molecule has 6 fully saturated rings. The SMILES string of the molecule is C.CCC1=C[C@@H]2CN(CCc3c([nH]c4ccccc34)[C@@](C(=O)OC)(c3cc4c(cc3OC)N(C)[C@H]3[C@@](O)(CNC(=O)OC5CCCC5)[C@H](OC(C)=O)[C@]5(CC)C=CCN6CC[C@]43[C@@H]65)C2)C1.CC[C@]12C=CCN3CC[C@@]4(c5ccc(OC)cc5N(C)[C@H]4[C@@](O)(CNC(=O)OC4CCCC4)[C@@H]1OC(C)=O)[C@@H]32.FF.FF.FF.FF.FF.FF. The van der Waals surface area contributed by atoms with E-state index in [9.17, 15) is 29.4 Å². The standard InChI is InChI=1S/C51H65N5O8.C30H41N3O6.CH4.6F2/c1-7-32-24-33-27-50(46(58)62-6,42-36(18-22-55(28-32)29-33)35-16-11-12-17-39(35)53-42)38-25-37-40(26-41(38)61-5)54(4)44-49(37)20-23-56-21-13-19-48(8-2,43(49)56)45(63-31(3)57)51(44,60)30-52-47(59)64-34-14-9-10-15-34;1-5-28-13-8-15-33-16-14-29(24(28)33)22-12-11-21(37-4)17-23(22)32(3)25(29)30(36,26(28)38-19(2)34)18-31-27(35)39-20-9-6-7-10-20;;6*1-2/h11-13,16-17,19,24-26,33-34,43-45,53,60H,7-10,14-15,18,20-23,27-30H2,1-6H3,(H,52,59);8,11-13,17,20,24-26,36H,5-7,9-10,14-16,18H2,1-4H3,(H,31,35);1H4;;;;;;/t33-,43-,44+,45+,48+,49+,50-,51-;24-,25+,26+,28+,29+,30-;;;;;;;/m00......./s1. The maximum Gasteiger partial charge on any atom is 0.407 e. The number of halogens is 12. The Bertz CT molecular complexity index is 4140. The molecule has 2 bridgehead atoms. The first kappa shape index (κ1) is 93.0. The quantitative estimate of drug-likeness (QED) is 0.0321. The molecule has 22 nitrogen and oxygen atoms in total. The fraction of sp³-hybridized carbons (Fsp3) is 0.622. The highest BCUT2D eigenvalue weighted by Gasteiger charge is 2.80. The van der Waals surface area contributed by atoms with E-state index in [2.05, 4.69) is 128 Å². The number of nitrogens with one attached hydrogen (secondary N) is 3. The minimum Gasteiger partial charge on any atom is -0.497 e. The van der Waals surface area contributed by atoms with Crippen molar-refractivity contribution in [2.24, 2.45) is 16.7 Å². The topological polar surface area (TPSA) is 246 Å². The summed E-state index contributed by atoms with van der Waals surface area (Å²) >= 11 is 0. The number of ether oxygens (including phenoxy) is 7. The van der Waals surface area contributed by atoms with Gasteiger partial charge in [0.2, 0.25) is 0 Å². The number of hydrogen-bond acceptors (Lipinski definition) is 19. The van der Waals surface area contributed by atoms with E-state index in [0.29, 0.717) is 38.0 Å². The van der Waals surface area contributed by atoms with Crippen LogP contribution >= 0.6 is 0 Å². The number of amides is 2. The molecule has 9 heterocycles. The lowest BCUT2D eigenvalue weighted by Crippen LogP contribution is -2.81. The van der Waals surface area contributed by atoms with Crippen molar-refractivity contribution >= 4 is 52.4 Å². The van der Waals surface area contributed by atoms with Gasteiger partial charge in [-0.3, -0.25) is 29.1 Å². The molecule has 0 radical (unpaired) electrons. The third-order valence-corrected chi connectivity index (χ3v) is 27.1. The number of rotatable bonds is 15. The zero-order valence-electron chi connectivity index (χ0n) is 66.3. The lowest BCUT2D eigenvalue weighted by atomic mass is 9.47. The summed E-state index contributed by atoms with van der Waals surface area (Å²) in [4.78, 5) is 83.6. The van der Waals surface area contributed by atoms with Crippen LogP contribution in [-0.2, 0) is 60.7 Å². The van der Waals surface area contributed by atoms with Gasteiger partial charge in [-0.25, -0.2) is 9.59 Å². The van der Waals surface area contributed by atoms with Crippen molar-refractivity contribution in [3.63, 3.8) is 0 Å². The molecule has 2 saturated heterocycles. The Morgan fingerprint density at radius 3 is 1.55 bits per heavy atom. The van der Waals surface area contributed by atoms with Crippen LogP contribution in [0.1, 0.15) is 160 Å². The van der Waals surface area contributed by atoms with Crippen LogP contribution < -0.4 is 29.9 Å². The number of alkyl carbamates (subject to hydrolysis) is 2. The van der Waals surface area contributed by atoms with Crippen LogP contribution in [0.5, 0.6) is 11.5 Å². The number of fused-ring (bicyclic) bond motifs is 7. The van der Waals surface area contributed by atoms with E-state index in [1.807, 2.05) is 32.3 Å². The number of likely N-dealkylation sites (N-methyl/N-ethyl adjacent to an activating group) is 2. The largest absolute Gasteiger partial charge is 0.497 e. The second-order valence-corrected chi connectivity index (χ2v) is 31.9. The number of methoxy groups -OCH3 is 3. The molecule has 2 amide bonds. The molecule has 3 aromatic carbocycles. The van der Waals surface area contributed by atoms with E-state index >= 15 is 4.79 Å². The van der Waals surface area contributed by atoms with Gasteiger partial charge in [0.05, 0.1) is 46.5 Å². The van der Waals surface area contributed by atoms with E-state index in [1.165, 1.54) is 32.1 Å². The number of hydrogen-bond donors (Lipinski definition) is 5. The van der Waals surface area contributed by atoms with Crippen LogP contribution in [-0.4, -0.2) is 214 Å². The Hall–Kier alpha value is -8.47. The Morgan fingerprint density at radius 2 is 1.09 bits per heavy atom. The lowest BCUT2D eigenvalue weighted by molar-refractivity contribution is -0.217. The molecule has 5 N–H and O–H groups in total. The average Bonchev–Trinajstić information content (AvgIpc) is 1.48. The second-order valence-electron chi connectivity index (χ2n) is 31.9. The molecule has 12 aliphatic rings. The Labute approximate surface area is 667 Å². The van der Waals surface area contributed by atoms with Gasteiger partial charge in [0.25, 0.3) is 0 Å². The van der Waals surface area contributed by atoms with E-state index in [4.69, 9.17) is 88.0 Å². The number of para-hydroxylation sites is 1. The van der Waals surface area contributed by atoms with Crippen molar-refractivity contribution in [1.82, 2.24) is 30.3 Å². The molecule has 4 saturated carbocycles. The van der Waals surface area contributed by atoms with Crippen molar-refractivity contribution in [2.45, 2.75) is 214 Å². The van der Waals surface area contributed by atoms with E-state index in [1.54, 1.807) is 14.2 Å². The molecule has 1 unspecified atom stereocenters. The van der Waals surface area contributed by atoms with Gasteiger partial charge in [0, 0.05) is 195 Å². The number of esters is 3. The predicted molar refractivity (Wildman–Crippen MR) is 410 cm³/mol. The molecular weight excluding hydrogens is 1550 g/mol. The van der Waals surface area contributed by atoms with Crippen molar-refractivity contribution < 1.29 is 122 Å². The molecule has 8 aliphatic heterocycles. The fourth-order valence-corrected chi connectivity index (χ4v) is 23.5. The molecule has 116 heavy (non-hydrogen) atoms. The average molecular weight is 1660 g/mol. The Balaban J connectivity index is 0.000000277. The van der Waals surface area contributed by atoms with Gasteiger partial charge in [-0.15, -0.1) is 0 Å². The van der Waals surface area contributed by atoms with Crippen molar-refractivity contribution in [2.75, 3.05) is 104 Å². The summed E-state index contributed by atoms with van der Waals surface area (Å²) in [7, 11) is 8.78. The van der Waals surface area contributed by atoms with E-state index in [-0.39, 0.29) is 56.7 Å². The Morgan fingerprint density at radius 1 is 0.595 bits per heavy atom. The highest BCUT2D eigenvalue weighted by Crippen LogP contribution is 2.70. The number of benzene rings is 3. The summed E-state index contributed by atoms with van der Waals surface area (Å²) in [6, 6.07) is 17.4. The van der Waals surface area contributed by atoms with Crippen molar-refractivity contribution in [3.8, 4) is 11.5 Å². The summed E-state index contributed by atoms with van der Waals surface area (Å²) in [6.45, 7) is 14.6. The summed E-state index contributed by atoms with van der Waals surface area (Å²) in [5.41, 5.74) is 1.58. The Kier molecular flexibility index (Phi) is 31.2. The van der Waals surface area contributed by atoms with Crippen LogP contribution in [0.2, 0.25) is 0 Å². The number of nitrogens with zero attached hydrogens (tertiary/aromatic N) is 5. The van der Waals surface area contributed by atoms with Crippen LogP contribution in [0.3, 0.4) is 0 Å². The first-order chi connectivity index (χ1) is 55.6. The molecule has 4 aliphatic carbocycles. The maximum absolute atomic E-state index is 15.4. The van der Waals surface area contributed by atoms with Crippen molar-refractivity contribution in [1.29, 1.82) is 0 Å². The summed E-state index contributed by atoms with van der Waals surface area (Å²) in [6.07, 6.45) is 20.1. The zero-order valence-corrected chi connectivity index (χ0v) is 66.3. The lowest BCUT2D eigenvalue weighted by Gasteiger charge is -2.64. The van der Waals surface area contributed by atoms with Crippen molar-refractivity contribution in [3.05, 3.63) is 118 Å². The first-order valence-electron chi connectivity index (χ1n) is 38.9. The minimum absolute atomic E-state index is 0. The number of aliphatic hydroxyl groups is 2. The molecule has 2 spiro atoms. The summed E-state index contributed by atoms with van der Waals surface area (Å²) < 4.78 is 138. The van der Waals surface area contributed by atoms with Gasteiger partial charge in [-0.1, -0.05) is 88.4 Å². The van der Waals surface area contributed by atoms with Gasteiger partial charge in [-0.05, 0) is 150 Å². The van der Waals surface area contributed by atoms with Gasteiger partial charge in [-0.2, -0.15) is 0 Å². The minimum atomic E-state index is -1.80. The van der Waals surface area contributed by atoms with E-state index < -0.39 is 86.7 Å². The normalized spacial score (nSPS) is 31.5. The van der Waals surface area contributed by atoms with E-state index in [0.717, 1.165) is 160 Å². The van der Waals surface area contributed by atoms with Crippen LogP contribution in [0.25, 0.3) is 10.9 Å².